The van der Waals surface area contributed by atoms with Crippen molar-refractivity contribution in [3.8, 4) is 5.75 Å². The van der Waals surface area contributed by atoms with Crippen LogP contribution in [0.2, 0.25) is 0 Å². The van der Waals surface area contributed by atoms with Crippen LogP contribution in [0.3, 0.4) is 0 Å². The topological polar surface area (TPSA) is 96.9 Å². The summed E-state index contributed by atoms with van der Waals surface area (Å²) in [6, 6.07) is 18.4. The van der Waals surface area contributed by atoms with Crippen molar-refractivity contribution in [1.82, 2.24) is 10.7 Å². The van der Waals surface area contributed by atoms with E-state index in [2.05, 4.69) is 31.8 Å². The zero-order valence-electron chi connectivity index (χ0n) is 16.5. The molecule has 2 amide bonds. The standard InChI is InChI=1S/C23H17BrFN3O4/c24-18-8-6-16(7-9-18)23(31)32-20-10-4-15(5-11-20)13-27-28-21(29)14-26-22(30)17-2-1-3-19(25)12-17/h1-13H,14H2,(H,26,30)(H,28,29). The van der Waals surface area contributed by atoms with Crippen molar-refractivity contribution in [3.05, 3.63) is 99.8 Å². The number of rotatable bonds is 7. The van der Waals surface area contributed by atoms with Crippen LogP contribution in [-0.4, -0.2) is 30.5 Å². The Morgan fingerprint density at radius 3 is 2.38 bits per heavy atom. The van der Waals surface area contributed by atoms with Crippen molar-refractivity contribution in [2.45, 2.75) is 0 Å². The van der Waals surface area contributed by atoms with Crippen molar-refractivity contribution in [2.75, 3.05) is 6.54 Å². The van der Waals surface area contributed by atoms with Crippen molar-refractivity contribution in [2.24, 2.45) is 5.10 Å². The van der Waals surface area contributed by atoms with E-state index in [0.717, 1.165) is 10.5 Å². The predicted octanol–water partition coefficient (Wildman–Crippen LogP) is 3.69. The van der Waals surface area contributed by atoms with E-state index in [1.807, 2.05) is 0 Å². The molecule has 32 heavy (non-hydrogen) atoms. The van der Waals surface area contributed by atoms with Gasteiger partial charge in [-0.1, -0.05) is 22.0 Å². The Labute approximate surface area is 191 Å². The molecule has 2 N–H and O–H groups in total. The van der Waals surface area contributed by atoms with E-state index in [1.165, 1.54) is 24.4 Å². The molecule has 9 heteroatoms. The molecular weight excluding hydrogens is 481 g/mol. The van der Waals surface area contributed by atoms with Gasteiger partial charge in [-0.15, -0.1) is 0 Å². The molecule has 0 aromatic heterocycles. The maximum absolute atomic E-state index is 13.1. The minimum Gasteiger partial charge on any atom is -0.423 e. The second-order valence-electron chi connectivity index (χ2n) is 6.45. The Balaban J connectivity index is 1.45. The number of nitrogens with one attached hydrogen (secondary N) is 2. The summed E-state index contributed by atoms with van der Waals surface area (Å²) >= 11 is 3.30. The average Bonchev–Trinajstić information content (AvgIpc) is 2.79. The van der Waals surface area contributed by atoms with Gasteiger partial charge in [0, 0.05) is 10.0 Å². The monoisotopic (exact) mass is 497 g/mol. The lowest BCUT2D eigenvalue weighted by atomic mass is 10.2. The molecule has 3 rings (SSSR count). The number of carbonyl (C=O) groups excluding carboxylic acids is 3. The third-order valence-electron chi connectivity index (χ3n) is 4.07. The predicted molar refractivity (Wildman–Crippen MR) is 120 cm³/mol. The number of amides is 2. The van der Waals surface area contributed by atoms with Crippen molar-refractivity contribution < 1.29 is 23.5 Å². The SMILES string of the molecule is O=C(CNC(=O)c1cccc(F)c1)NN=Cc1ccc(OC(=O)c2ccc(Br)cc2)cc1. The average molecular weight is 498 g/mol. The third kappa shape index (κ3) is 6.85. The van der Waals surface area contributed by atoms with Crippen LogP contribution in [0.15, 0.2) is 82.4 Å². The van der Waals surface area contributed by atoms with Gasteiger partial charge in [-0.05, 0) is 72.3 Å². The zero-order chi connectivity index (χ0) is 22.9. The lowest BCUT2D eigenvalue weighted by Gasteiger charge is -2.05. The summed E-state index contributed by atoms with van der Waals surface area (Å²) in [5, 5.41) is 6.18. The maximum atomic E-state index is 13.1. The number of hydrogen-bond donors (Lipinski definition) is 2. The Kier molecular flexibility index (Phi) is 7.82. The van der Waals surface area contributed by atoms with Gasteiger partial charge >= 0.3 is 5.97 Å². The zero-order valence-corrected chi connectivity index (χ0v) is 18.1. The van der Waals surface area contributed by atoms with Gasteiger partial charge in [0.25, 0.3) is 11.8 Å². The van der Waals surface area contributed by atoms with Gasteiger partial charge in [-0.3, -0.25) is 9.59 Å². The quantitative estimate of drug-likeness (QED) is 0.225. The van der Waals surface area contributed by atoms with Crippen LogP contribution in [0, 0.1) is 5.82 Å². The summed E-state index contributed by atoms with van der Waals surface area (Å²) in [7, 11) is 0. The number of halogens is 2. The first-order chi connectivity index (χ1) is 15.4. The van der Waals surface area contributed by atoms with Crippen LogP contribution in [0.25, 0.3) is 0 Å². The molecule has 0 bridgehead atoms. The molecule has 0 radical (unpaired) electrons. The lowest BCUT2D eigenvalue weighted by Crippen LogP contribution is -2.34. The normalized spacial score (nSPS) is 10.6. The van der Waals surface area contributed by atoms with Crippen LogP contribution in [0.4, 0.5) is 4.39 Å². The van der Waals surface area contributed by atoms with Crippen molar-refractivity contribution in [3.63, 3.8) is 0 Å². The summed E-state index contributed by atoms with van der Waals surface area (Å²) in [6.07, 6.45) is 1.40. The highest BCUT2D eigenvalue weighted by molar-refractivity contribution is 9.10. The fraction of sp³-hybridized carbons (Fsp3) is 0.0435. The minimum absolute atomic E-state index is 0.113. The van der Waals surface area contributed by atoms with Gasteiger partial charge in [0.1, 0.15) is 11.6 Å². The van der Waals surface area contributed by atoms with Gasteiger partial charge in [-0.25, -0.2) is 14.6 Å². The Bertz CT molecular complexity index is 1150. The fourth-order valence-electron chi connectivity index (χ4n) is 2.48. The highest BCUT2D eigenvalue weighted by atomic mass is 79.9. The van der Waals surface area contributed by atoms with Gasteiger partial charge in [0.2, 0.25) is 0 Å². The molecule has 0 aliphatic carbocycles. The molecule has 162 valence electrons. The number of nitrogens with zero attached hydrogens (tertiary/aromatic N) is 1. The first kappa shape index (κ1) is 22.8. The second kappa shape index (κ2) is 11.0. The highest BCUT2D eigenvalue weighted by Gasteiger charge is 2.09. The largest absolute Gasteiger partial charge is 0.423 e. The molecule has 0 fully saturated rings. The first-order valence-corrected chi connectivity index (χ1v) is 10.1. The van der Waals surface area contributed by atoms with Gasteiger partial charge in [0.05, 0.1) is 18.3 Å². The molecule has 3 aromatic carbocycles. The van der Waals surface area contributed by atoms with E-state index >= 15 is 0 Å². The molecular formula is C23H17BrFN3O4. The lowest BCUT2D eigenvalue weighted by molar-refractivity contribution is -0.120. The highest BCUT2D eigenvalue weighted by Crippen LogP contribution is 2.15. The molecule has 0 aliphatic rings. The van der Waals surface area contributed by atoms with Crippen LogP contribution in [-0.2, 0) is 4.79 Å². The number of hydrazone groups is 1. The van der Waals surface area contributed by atoms with E-state index in [4.69, 9.17) is 4.74 Å². The Morgan fingerprint density at radius 2 is 1.69 bits per heavy atom. The van der Waals surface area contributed by atoms with Gasteiger partial charge in [0.15, 0.2) is 0 Å². The summed E-state index contributed by atoms with van der Waals surface area (Å²) in [4.78, 5) is 35.8. The molecule has 0 saturated heterocycles. The summed E-state index contributed by atoms with van der Waals surface area (Å²) < 4.78 is 19.3. The van der Waals surface area contributed by atoms with E-state index in [0.29, 0.717) is 16.9 Å². The van der Waals surface area contributed by atoms with Crippen LogP contribution in [0.1, 0.15) is 26.3 Å². The Hall–Kier alpha value is -3.85. The molecule has 0 aliphatic heterocycles. The number of carbonyl (C=O) groups is 3. The Morgan fingerprint density at radius 1 is 0.969 bits per heavy atom. The van der Waals surface area contributed by atoms with Crippen LogP contribution < -0.4 is 15.5 Å². The molecule has 7 nitrogen and oxygen atoms in total. The van der Waals surface area contributed by atoms with Crippen molar-refractivity contribution >= 4 is 39.9 Å². The number of ether oxygens (including phenoxy) is 1. The summed E-state index contributed by atoms with van der Waals surface area (Å²) in [5.74, 6) is -1.78. The van der Waals surface area contributed by atoms with Gasteiger partial charge < -0.3 is 10.1 Å². The van der Waals surface area contributed by atoms with Crippen LogP contribution >= 0.6 is 15.9 Å². The molecule has 0 saturated carbocycles. The molecule has 0 spiro atoms. The van der Waals surface area contributed by atoms with E-state index in [9.17, 15) is 18.8 Å². The molecule has 0 heterocycles. The molecule has 0 atom stereocenters. The van der Waals surface area contributed by atoms with Crippen molar-refractivity contribution in [1.29, 1.82) is 0 Å². The number of esters is 1. The van der Waals surface area contributed by atoms with E-state index in [-0.39, 0.29) is 12.1 Å². The second-order valence-corrected chi connectivity index (χ2v) is 7.37. The third-order valence-corrected chi connectivity index (χ3v) is 4.60. The van der Waals surface area contributed by atoms with Gasteiger partial charge in [-0.2, -0.15) is 5.10 Å². The smallest absolute Gasteiger partial charge is 0.343 e. The first-order valence-electron chi connectivity index (χ1n) is 9.34. The summed E-state index contributed by atoms with van der Waals surface area (Å²) in [5.41, 5.74) is 3.46. The van der Waals surface area contributed by atoms with E-state index < -0.39 is 23.6 Å². The van der Waals surface area contributed by atoms with E-state index in [1.54, 1.807) is 48.5 Å². The number of hydrogen-bond acceptors (Lipinski definition) is 5. The van der Waals surface area contributed by atoms with Crippen LogP contribution in [0.5, 0.6) is 5.75 Å². The maximum Gasteiger partial charge on any atom is 0.343 e. The fourth-order valence-corrected chi connectivity index (χ4v) is 2.75. The molecule has 0 unspecified atom stereocenters. The summed E-state index contributed by atoms with van der Waals surface area (Å²) in [6.45, 7) is -0.322. The molecule has 3 aromatic rings. The number of benzene rings is 3. The minimum atomic E-state index is -0.572.